The van der Waals surface area contributed by atoms with Gasteiger partial charge in [0, 0.05) is 36.1 Å². The van der Waals surface area contributed by atoms with Crippen LogP contribution in [0.1, 0.15) is 24.8 Å². The number of carboxylic acids is 1. The van der Waals surface area contributed by atoms with Crippen LogP contribution < -0.4 is 0 Å². The largest absolute Gasteiger partial charge is 0.481 e. The van der Waals surface area contributed by atoms with Crippen LogP contribution in [0.2, 0.25) is 0 Å². The van der Waals surface area contributed by atoms with Gasteiger partial charge in [-0.1, -0.05) is 18.2 Å². The van der Waals surface area contributed by atoms with Crippen molar-refractivity contribution >= 4 is 22.8 Å². The second-order valence-electron chi connectivity index (χ2n) is 7.52. The first-order valence-electron chi connectivity index (χ1n) is 9.89. The van der Waals surface area contributed by atoms with Crippen LogP contribution >= 0.6 is 0 Å². The summed E-state index contributed by atoms with van der Waals surface area (Å²) in [6.07, 6.45) is 1.94. The molecule has 1 amide bonds. The van der Waals surface area contributed by atoms with Gasteiger partial charge in [0.1, 0.15) is 5.82 Å². The summed E-state index contributed by atoms with van der Waals surface area (Å²) in [7, 11) is 0. The summed E-state index contributed by atoms with van der Waals surface area (Å²) in [5.41, 5.74) is 3.81. The van der Waals surface area contributed by atoms with Gasteiger partial charge in [-0.25, -0.2) is 4.39 Å². The topological polar surface area (TPSA) is 73.4 Å². The number of likely N-dealkylation sites (tertiary alicyclic amines) is 1. The molecule has 4 rings (SSSR count). The van der Waals surface area contributed by atoms with Gasteiger partial charge in [-0.05, 0) is 60.7 Å². The van der Waals surface area contributed by atoms with Crippen LogP contribution in [0.3, 0.4) is 0 Å². The number of piperidine rings is 1. The van der Waals surface area contributed by atoms with Crippen LogP contribution in [-0.2, 0) is 16.0 Å². The van der Waals surface area contributed by atoms with E-state index in [2.05, 4.69) is 4.98 Å². The summed E-state index contributed by atoms with van der Waals surface area (Å²) in [5.74, 6) is -1.37. The molecular formula is C23H23FN2O3. The third-order valence-electron chi connectivity index (χ3n) is 5.73. The predicted molar refractivity (Wildman–Crippen MR) is 109 cm³/mol. The van der Waals surface area contributed by atoms with Crippen molar-refractivity contribution in [3.63, 3.8) is 0 Å². The molecule has 0 aliphatic carbocycles. The number of aromatic nitrogens is 1. The van der Waals surface area contributed by atoms with Gasteiger partial charge in [0.25, 0.3) is 0 Å². The minimum absolute atomic E-state index is 0.0455. The lowest BCUT2D eigenvalue weighted by Crippen LogP contribution is -2.40. The van der Waals surface area contributed by atoms with Gasteiger partial charge in [-0.3, -0.25) is 9.59 Å². The predicted octanol–water partition coefficient (Wildman–Crippen LogP) is 4.23. The molecule has 150 valence electrons. The number of hydrogen-bond acceptors (Lipinski definition) is 2. The summed E-state index contributed by atoms with van der Waals surface area (Å²) >= 11 is 0. The number of rotatable bonds is 5. The Balaban J connectivity index is 1.53. The molecule has 6 heteroatoms. The van der Waals surface area contributed by atoms with E-state index in [0.29, 0.717) is 38.8 Å². The smallest absolute Gasteiger partial charge is 0.306 e. The van der Waals surface area contributed by atoms with Crippen molar-refractivity contribution in [2.24, 2.45) is 5.92 Å². The first-order valence-corrected chi connectivity index (χ1v) is 9.89. The summed E-state index contributed by atoms with van der Waals surface area (Å²) in [5, 5.41) is 10.2. The number of carbonyl (C=O) groups excluding carboxylic acids is 1. The number of H-pyrrole nitrogens is 1. The summed E-state index contributed by atoms with van der Waals surface area (Å²) < 4.78 is 13.3. The number of nitrogens with one attached hydrogen (secondary N) is 1. The Morgan fingerprint density at radius 2 is 1.76 bits per heavy atom. The summed E-state index contributed by atoms with van der Waals surface area (Å²) in [6.45, 7) is 0.989. The molecule has 2 aromatic carbocycles. The zero-order valence-corrected chi connectivity index (χ0v) is 16.0. The van der Waals surface area contributed by atoms with Crippen molar-refractivity contribution in [1.29, 1.82) is 0 Å². The fourth-order valence-corrected chi connectivity index (χ4v) is 4.09. The van der Waals surface area contributed by atoms with Crippen molar-refractivity contribution in [2.75, 3.05) is 13.1 Å². The van der Waals surface area contributed by atoms with Gasteiger partial charge in [0.15, 0.2) is 0 Å². The summed E-state index contributed by atoms with van der Waals surface area (Å²) in [4.78, 5) is 29.0. The Morgan fingerprint density at radius 3 is 2.45 bits per heavy atom. The van der Waals surface area contributed by atoms with Crippen LogP contribution in [0.5, 0.6) is 0 Å². The average Bonchev–Trinajstić information content (AvgIpc) is 3.11. The maximum atomic E-state index is 13.3. The highest BCUT2D eigenvalue weighted by atomic mass is 19.1. The molecule has 0 radical (unpaired) electrons. The van der Waals surface area contributed by atoms with Gasteiger partial charge < -0.3 is 15.0 Å². The maximum absolute atomic E-state index is 13.3. The van der Waals surface area contributed by atoms with E-state index in [-0.39, 0.29) is 17.6 Å². The lowest BCUT2D eigenvalue weighted by atomic mass is 9.96. The molecule has 2 N–H and O–H groups in total. The van der Waals surface area contributed by atoms with Gasteiger partial charge in [-0.2, -0.15) is 0 Å². The number of amides is 1. The molecule has 0 saturated carbocycles. The third kappa shape index (κ3) is 4.01. The Bertz CT molecular complexity index is 1030. The average molecular weight is 394 g/mol. The number of carboxylic acid groups (broad SMARTS) is 1. The normalized spacial score (nSPS) is 15.0. The van der Waals surface area contributed by atoms with Crippen LogP contribution in [0, 0.1) is 11.7 Å². The Kier molecular flexibility index (Phi) is 5.34. The third-order valence-corrected chi connectivity index (χ3v) is 5.73. The van der Waals surface area contributed by atoms with Crippen LogP contribution in [0.4, 0.5) is 4.39 Å². The number of nitrogens with zero attached hydrogens (tertiary/aromatic N) is 1. The standard InChI is InChI=1S/C23H23FN2O3/c24-17-7-5-15(6-8-17)22-19(18-3-1-2-4-20(18)25-22)9-10-21(27)26-13-11-16(12-14-26)23(28)29/h1-8,16,25H,9-14H2,(H,28,29). The first kappa shape index (κ1) is 19.2. The molecular weight excluding hydrogens is 371 g/mol. The molecule has 2 heterocycles. The number of aryl methyl sites for hydroxylation is 1. The van der Waals surface area contributed by atoms with E-state index in [0.717, 1.165) is 27.7 Å². The number of aromatic amines is 1. The monoisotopic (exact) mass is 394 g/mol. The van der Waals surface area contributed by atoms with Crippen molar-refractivity contribution < 1.29 is 19.1 Å². The molecule has 1 aliphatic rings. The van der Waals surface area contributed by atoms with Crippen molar-refractivity contribution in [2.45, 2.75) is 25.7 Å². The Hall–Kier alpha value is -3.15. The lowest BCUT2D eigenvalue weighted by Gasteiger charge is -2.30. The van der Waals surface area contributed by atoms with Crippen molar-refractivity contribution in [1.82, 2.24) is 9.88 Å². The maximum Gasteiger partial charge on any atom is 0.306 e. The van der Waals surface area contributed by atoms with E-state index in [1.54, 1.807) is 17.0 Å². The minimum Gasteiger partial charge on any atom is -0.481 e. The highest BCUT2D eigenvalue weighted by Gasteiger charge is 2.27. The highest BCUT2D eigenvalue weighted by Crippen LogP contribution is 2.31. The Labute approximate surface area is 168 Å². The molecule has 0 unspecified atom stereocenters. The quantitative estimate of drug-likeness (QED) is 0.680. The number of aliphatic carboxylic acids is 1. The fraction of sp³-hybridized carbons (Fsp3) is 0.304. The minimum atomic E-state index is -0.778. The molecule has 1 aliphatic heterocycles. The first-order chi connectivity index (χ1) is 14.0. The molecule has 5 nitrogen and oxygen atoms in total. The van der Waals surface area contributed by atoms with E-state index >= 15 is 0 Å². The van der Waals surface area contributed by atoms with Crippen LogP contribution in [0.15, 0.2) is 48.5 Å². The number of fused-ring (bicyclic) bond motifs is 1. The molecule has 1 aromatic heterocycles. The van der Waals surface area contributed by atoms with E-state index in [4.69, 9.17) is 5.11 Å². The van der Waals surface area contributed by atoms with E-state index in [1.807, 2.05) is 24.3 Å². The molecule has 3 aromatic rings. The number of para-hydroxylation sites is 1. The Morgan fingerprint density at radius 1 is 1.07 bits per heavy atom. The molecule has 1 saturated heterocycles. The second-order valence-corrected chi connectivity index (χ2v) is 7.52. The second kappa shape index (κ2) is 8.07. The van der Waals surface area contributed by atoms with Gasteiger partial charge >= 0.3 is 5.97 Å². The molecule has 0 spiro atoms. The fourth-order valence-electron chi connectivity index (χ4n) is 4.09. The van der Waals surface area contributed by atoms with E-state index in [1.165, 1.54) is 12.1 Å². The number of halogens is 1. The number of carbonyl (C=O) groups is 2. The van der Waals surface area contributed by atoms with E-state index in [9.17, 15) is 14.0 Å². The van der Waals surface area contributed by atoms with Gasteiger partial charge in [0.2, 0.25) is 5.91 Å². The zero-order valence-electron chi connectivity index (χ0n) is 16.0. The molecule has 29 heavy (non-hydrogen) atoms. The highest BCUT2D eigenvalue weighted by molar-refractivity contribution is 5.91. The van der Waals surface area contributed by atoms with Crippen molar-refractivity contribution in [3.8, 4) is 11.3 Å². The molecule has 0 atom stereocenters. The van der Waals surface area contributed by atoms with Crippen molar-refractivity contribution in [3.05, 3.63) is 59.9 Å². The molecule has 0 bridgehead atoms. The number of benzene rings is 2. The summed E-state index contributed by atoms with van der Waals surface area (Å²) in [6, 6.07) is 14.3. The van der Waals surface area contributed by atoms with Crippen LogP contribution in [0.25, 0.3) is 22.2 Å². The molecule has 1 fully saturated rings. The van der Waals surface area contributed by atoms with Gasteiger partial charge in [0.05, 0.1) is 5.92 Å². The number of hydrogen-bond donors (Lipinski definition) is 2. The van der Waals surface area contributed by atoms with Gasteiger partial charge in [-0.15, -0.1) is 0 Å². The van der Waals surface area contributed by atoms with E-state index < -0.39 is 5.97 Å². The van der Waals surface area contributed by atoms with Crippen LogP contribution in [-0.4, -0.2) is 40.0 Å². The SMILES string of the molecule is O=C(O)C1CCN(C(=O)CCc2c(-c3ccc(F)cc3)[nH]c3ccccc23)CC1. The lowest BCUT2D eigenvalue weighted by molar-refractivity contribution is -0.145. The zero-order chi connectivity index (χ0) is 20.4.